The van der Waals surface area contributed by atoms with Crippen molar-refractivity contribution in [1.29, 1.82) is 0 Å². The average molecular weight is 302 g/mol. The number of aromatic carboxylic acids is 1. The first-order valence-electron chi connectivity index (χ1n) is 6.30. The Morgan fingerprint density at radius 2 is 2.30 bits per heavy atom. The Balaban J connectivity index is 2.20. The van der Waals surface area contributed by atoms with Crippen LogP contribution in [-0.2, 0) is 21.8 Å². The molecule has 1 N–H and O–H groups in total. The van der Waals surface area contributed by atoms with Crippen molar-refractivity contribution < 1.29 is 23.1 Å². The third-order valence-corrected chi connectivity index (χ3v) is 5.18. The number of aromatic nitrogens is 1. The summed E-state index contributed by atoms with van der Waals surface area (Å²) in [6.07, 6.45) is 3.00. The summed E-state index contributed by atoms with van der Waals surface area (Å²) in [5, 5.41) is 8.96. The minimum Gasteiger partial charge on any atom is -0.477 e. The van der Waals surface area contributed by atoms with Gasteiger partial charge in [0.2, 0.25) is 10.0 Å². The van der Waals surface area contributed by atoms with E-state index in [0.29, 0.717) is 6.61 Å². The van der Waals surface area contributed by atoms with E-state index >= 15 is 0 Å². The quantitative estimate of drug-likeness (QED) is 0.856. The molecule has 0 aliphatic carbocycles. The Kier molecular flexibility index (Phi) is 4.17. The number of likely N-dealkylation sites (N-methyl/N-ethyl adjacent to an activating group) is 1. The second-order valence-electron chi connectivity index (χ2n) is 4.90. The van der Waals surface area contributed by atoms with E-state index in [0.717, 1.165) is 12.8 Å². The lowest BCUT2D eigenvalue weighted by atomic mass is 10.2. The number of carbonyl (C=O) groups is 1. The Labute approximate surface area is 117 Å². The van der Waals surface area contributed by atoms with Gasteiger partial charge in [-0.15, -0.1) is 0 Å². The summed E-state index contributed by atoms with van der Waals surface area (Å²) in [7, 11) is -0.713. The standard InChI is InChI=1S/C12H18N2O5S/c1-13-8-10(6-11(13)12(15)16)20(17,18)14(2)7-9-4-3-5-19-9/h6,8-9H,3-5,7H2,1-2H3,(H,15,16). The fourth-order valence-electron chi connectivity index (χ4n) is 2.24. The van der Waals surface area contributed by atoms with Crippen LogP contribution in [0.1, 0.15) is 23.3 Å². The molecule has 1 aromatic heterocycles. The number of rotatable bonds is 5. The Bertz CT molecular complexity index is 601. The maximum Gasteiger partial charge on any atom is 0.352 e. The van der Waals surface area contributed by atoms with Crippen LogP contribution in [0.25, 0.3) is 0 Å². The Morgan fingerprint density at radius 1 is 1.60 bits per heavy atom. The number of nitrogens with zero attached hydrogens (tertiary/aromatic N) is 2. The lowest BCUT2D eigenvalue weighted by molar-refractivity contribution is 0.0686. The van der Waals surface area contributed by atoms with E-state index in [1.807, 2.05) is 0 Å². The van der Waals surface area contributed by atoms with Gasteiger partial charge in [-0.2, -0.15) is 4.31 Å². The first-order chi connectivity index (χ1) is 9.32. The van der Waals surface area contributed by atoms with Crippen LogP contribution in [-0.4, -0.2) is 54.7 Å². The van der Waals surface area contributed by atoms with E-state index in [1.54, 1.807) is 0 Å². The van der Waals surface area contributed by atoms with Crippen LogP contribution < -0.4 is 0 Å². The molecule has 2 heterocycles. The van der Waals surface area contributed by atoms with E-state index in [4.69, 9.17) is 9.84 Å². The molecule has 1 unspecified atom stereocenters. The van der Waals surface area contributed by atoms with Gasteiger partial charge in [-0.1, -0.05) is 0 Å². The van der Waals surface area contributed by atoms with Crippen LogP contribution in [0.4, 0.5) is 0 Å². The maximum atomic E-state index is 12.4. The molecule has 0 amide bonds. The van der Waals surface area contributed by atoms with Gasteiger partial charge in [-0.05, 0) is 18.9 Å². The highest BCUT2D eigenvalue weighted by Gasteiger charge is 2.28. The number of aryl methyl sites for hydroxylation is 1. The second-order valence-corrected chi connectivity index (χ2v) is 6.94. The molecular weight excluding hydrogens is 284 g/mol. The zero-order valence-electron chi connectivity index (χ0n) is 11.4. The zero-order chi connectivity index (χ0) is 14.9. The summed E-state index contributed by atoms with van der Waals surface area (Å²) in [6.45, 7) is 0.937. The molecule has 1 aliphatic rings. The molecule has 20 heavy (non-hydrogen) atoms. The van der Waals surface area contributed by atoms with Gasteiger partial charge in [0.1, 0.15) is 10.6 Å². The van der Waals surface area contributed by atoms with Crippen molar-refractivity contribution in [2.24, 2.45) is 7.05 Å². The van der Waals surface area contributed by atoms with Crippen molar-refractivity contribution in [2.45, 2.75) is 23.8 Å². The fourth-order valence-corrected chi connectivity index (χ4v) is 3.52. The average Bonchev–Trinajstić information content (AvgIpc) is 2.98. The number of hydrogen-bond donors (Lipinski definition) is 1. The number of carboxylic acids is 1. The van der Waals surface area contributed by atoms with E-state index in [1.165, 1.54) is 35.2 Å². The molecular formula is C12H18N2O5S. The Hall–Kier alpha value is -1.38. The van der Waals surface area contributed by atoms with Crippen molar-refractivity contribution in [3.63, 3.8) is 0 Å². The summed E-state index contributed by atoms with van der Waals surface area (Å²) >= 11 is 0. The SMILES string of the molecule is CN(CC1CCCO1)S(=O)(=O)c1cc(C(=O)O)n(C)c1. The second kappa shape index (κ2) is 5.55. The third-order valence-electron chi connectivity index (χ3n) is 3.39. The van der Waals surface area contributed by atoms with Crippen LogP contribution in [0.2, 0.25) is 0 Å². The molecule has 0 bridgehead atoms. The van der Waals surface area contributed by atoms with E-state index in [2.05, 4.69) is 0 Å². The van der Waals surface area contributed by atoms with Crippen LogP contribution in [0.15, 0.2) is 17.2 Å². The van der Waals surface area contributed by atoms with Crippen molar-refractivity contribution >= 4 is 16.0 Å². The van der Waals surface area contributed by atoms with Gasteiger partial charge < -0.3 is 14.4 Å². The first kappa shape index (κ1) is 15.0. The van der Waals surface area contributed by atoms with Crippen molar-refractivity contribution in [3.8, 4) is 0 Å². The highest BCUT2D eigenvalue weighted by atomic mass is 32.2. The lowest BCUT2D eigenvalue weighted by Crippen LogP contribution is -2.33. The predicted octanol–water partition coefficient (Wildman–Crippen LogP) is 0.523. The third kappa shape index (κ3) is 2.87. The van der Waals surface area contributed by atoms with Gasteiger partial charge in [-0.25, -0.2) is 13.2 Å². The molecule has 1 saturated heterocycles. The molecule has 2 rings (SSSR count). The summed E-state index contributed by atoms with van der Waals surface area (Å²) in [5.41, 5.74) is -0.0610. The zero-order valence-corrected chi connectivity index (χ0v) is 12.3. The van der Waals surface area contributed by atoms with Gasteiger partial charge in [0.15, 0.2) is 0 Å². The fraction of sp³-hybridized carbons (Fsp3) is 0.583. The van der Waals surface area contributed by atoms with Crippen molar-refractivity contribution in [2.75, 3.05) is 20.2 Å². The highest BCUT2D eigenvalue weighted by molar-refractivity contribution is 7.89. The van der Waals surface area contributed by atoms with E-state index in [9.17, 15) is 13.2 Å². The summed E-state index contributed by atoms with van der Waals surface area (Å²) in [4.78, 5) is 10.9. The number of carboxylic acid groups (broad SMARTS) is 1. The maximum absolute atomic E-state index is 12.4. The molecule has 112 valence electrons. The molecule has 1 aromatic rings. The van der Waals surface area contributed by atoms with Gasteiger partial charge in [0, 0.05) is 33.4 Å². The van der Waals surface area contributed by atoms with Crippen molar-refractivity contribution in [3.05, 3.63) is 18.0 Å². The number of ether oxygens (including phenoxy) is 1. The molecule has 0 spiro atoms. The Morgan fingerprint density at radius 3 is 2.80 bits per heavy atom. The molecule has 7 nitrogen and oxygen atoms in total. The van der Waals surface area contributed by atoms with Crippen LogP contribution in [0.5, 0.6) is 0 Å². The largest absolute Gasteiger partial charge is 0.477 e. The first-order valence-corrected chi connectivity index (χ1v) is 7.74. The van der Waals surface area contributed by atoms with Crippen LogP contribution in [0.3, 0.4) is 0 Å². The smallest absolute Gasteiger partial charge is 0.352 e. The van der Waals surface area contributed by atoms with Gasteiger partial charge >= 0.3 is 5.97 Å². The molecule has 0 aromatic carbocycles. The molecule has 8 heteroatoms. The van der Waals surface area contributed by atoms with Gasteiger partial charge in [0.05, 0.1) is 6.10 Å². The highest BCUT2D eigenvalue weighted by Crippen LogP contribution is 2.20. The summed E-state index contributed by atoms with van der Waals surface area (Å²) in [5.74, 6) is -1.16. The number of hydrogen-bond acceptors (Lipinski definition) is 4. The minimum atomic E-state index is -3.69. The predicted molar refractivity (Wildman–Crippen MR) is 71.2 cm³/mol. The topological polar surface area (TPSA) is 88.8 Å². The van der Waals surface area contributed by atoms with Crippen LogP contribution >= 0.6 is 0 Å². The molecule has 1 aliphatic heterocycles. The summed E-state index contributed by atoms with van der Waals surface area (Å²) < 4.78 is 32.7. The molecule has 1 atom stereocenters. The van der Waals surface area contributed by atoms with E-state index in [-0.39, 0.29) is 23.2 Å². The lowest BCUT2D eigenvalue weighted by Gasteiger charge is -2.19. The van der Waals surface area contributed by atoms with Gasteiger partial charge in [0.25, 0.3) is 0 Å². The van der Waals surface area contributed by atoms with Crippen molar-refractivity contribution in [1.82, 2.24) is 8.87 Å². The molecule has 0 saturated carbocycles. The summed E-state index contributed by atoms with van der Waals surface area (Å²) in [6, 6.07) is 1.17. The molecule has 0 radical (unpaired) electrons. The van der Waals surface area contributed by atoms with Crippen LogP contribution in [0, 0.1) is 0 Å². The van der Waals surface area contributed by atoms with Gasteiger partial charge in [-0.3, -0.25) is 0 Å². The minimum absolute atomic E-state index is 0.0158. The normalized spacial score (nSPS) is 19.6. The monoisotopic (exact) mass is 302 g/mol. The number of sulfonamides is 1. The van der Waals surface area contributed by atoms with E-state index < -0.39 is 16.0 Å². The molecule has 1 fully saturated rings.